The van der Waals surface area contributed by atoms with E-state index in [4.69, 9.17) is 16.3 Å². The van der Waals surface area contributed by atoms with Gasteiger partial charge in [-0.15, -0.1) is 0 Å². The third-order valence-electron chi connectivity index (χ3n) is 1.71. The van der Waals surface area contributed by atoms with Gasteiger partial charge in [-0.2, -0.15) is 0 Å². The Hall–Kier alpha value is -0.800. The van der Waals surface area contributed by atoms with Gasteiger partial charge in [-0.25, -0.2) is 4.39 Å². The number of methoxy groups -OCH3 is 1. The van der Waals surface area contributed by atoms with Gasteiger partial charge in [-0.3, -0.25) is 0 Å². The van der Waals surface area contributed by atoms with Crippen LogP contribution in [0.15, 0.2) is 18.2 Å². The Balaban J connectivity index is 3.14. The summed E-state index contributed by atoms with van der Waals surface area (Å²) in [5.41, 5.74) is 0.300. The summed E-state index contributed by atoms with van der Waals surface area (Å²) in [7, 11) is 1.44. The van der Waals surface area contributed by atoms with Crippen LogP contribution in [0.5, 0.6) is 5.75 Å². The number of alkyl halides is 1. The summed E-state index contributed by atoms with van der Waals surface area (Å²) in [5, 5.41) is 9.59. The lowest BCUT2D eigenvalue weighted by atomic mass is 10.1. The molecule has 0 aliphatic heterocycles. The number of rotatable bonds is 3. The van der Waals surface area contributed by atoms with Crippen LogP contribution in [0.4, 0.5) is 4.39 Å². The molecular weight excluding hydrogens is 195 g/mol. The molecule has 13 heavy (non-hydrogen) atoms. The summed E-state index contributed by atoms with van der Waals surface area (Å²) >= 11 is 5.78. The van der Waals surface area contributed by atoms with E-state index in [0.717, 1.165) is 0 Å². The molecule has 1 unspecified atom stereocenters. The molecule has 0 heterocycles. The molecule has 0 saturated heterocycles. The minimum absolute atomic E-state index is 0.300. The highest BCUT2D eigenvalue weighted by Crippen LogP contribution is 2.31. The van der Waals surface area contributed by atoms with E-state index < -0.39 is 12.8 Å². The van der Waals surface area contributed by atoms with Gasteiger partial charge in [0.25, 0.3) is 0 Å². The lowest BCUT2D eigenvalue weighted by Crippen LogP contribution is -2.03. The minimum atomic E-state index is -1.22. The normalized spacial score (nSPS) is 12.6. The fourth-order valence-electron chi connectivity index (χ4n) is 1.10. The van der Waals surface area contributed by atoms with E-state index in [9.17, 15) is 9.50 Å². The number of hydrogen-bond acceptors (Lipinski definition) is 2. The van der Waals surface area contributed by atoms with Gasteiger partial charge in [-0.1, -0.05) is 17.7 Å². The molecule has 2 nitrogen and oxygen atoms in total. The SMILES string of the molecule is COc1cccc(Cl)c1C(O)CF. The Morgan fingerprint density at radius 3 is 2.85 bits per heavy atom. The minimum Gasteiger partial charge on any atom is -0.496 e. The average Bonchev–Trinajstić information content (AvgIpc) is 2.16. The van der Waals surface area contributed by atoms with Crippen LogP contribution in [0.25, 0.3) is 0 Å². The molecule has 1 aromatic rings. The molecule has 1 N–H and O–H groups in total. The van der Waals surface area contributed by atoms with Crippen molar-refractivity contribution in [1.29, 1.82) is 0 Å². The lowest BCUT2D eigenvalue weighted by molar-refractivity contribution is 0.138. The molecule has 72 valence electrons. The highest BCUT2D eigenvalue weighted by molar-refractivity contribution is 6.31. The first kappa shape index (κ1) is 10.3. The molecule has 0 aliphatic carbocycles. The van der Waals surface area contributed by atoms with Crippen molar-refractivity contribution in [3.63, 3.8) is 0 Å². The number of halogens is 2. The first-order valence-electron chi connectivity index (χ1n) is 3.77. The standard InChI is InChI=1S/C9H10ClFO2/c1-13-8-4-2-3-6(10)9(8)7(12)5-11/h2-4,7,12H,5H2,1H3. The molecule has 0 radical (unpaired) electrons. The van der Waals surface area contributed by atoms with Crippen molar-refractivity contribution < 1.29 is 14.2 Å². The van der Waals surface area contributed by atoms with E-state index in [2.05, 4.69) is 0 Å². The number of aliphatic hydroxyl groups is 1. The van der Waals surface area contributed by atoms with Crippen molar-refractivity contribution in [1.82, 2.24) is 0 Å². The molecule has 0 saturated carbocycles. The third kappa shape index (κ3) is 2.11. The Labute approximate surface area is 80.9 Å². The zero-order chi connectivity index (χ0) is 9.84. The first-order valence-corrected chi connectivity index (χ1v) is 4.15. The molecule has 1 aromatic carbocycles. The van der Waals surface area contributed by atoms with E-state index in [1.54, 1.807) is 18.2 Å². The number of benzene rings is 1. The van der Waals surface area contributed by atoms with E-state index >= 15 is 0 Å². The van der Waals surface area contributed by atoms with Crippen molar-refractivity contribution in [2.24, 2.45) is 0 Å². The topological polar surface area (TPSA) is 29.5 Å². The van der Waals surface area contributed by atoms with Crippen molar-refractivity contribution in [2.45, 2.75) is 6.10 Å². The van der Waals surface area contributed by atoms with Crippen molar-refractivity contribution >= 4 is 11.6 Å². The van der Waals surface area contributed by atoms with Crippen LogP contribution in [0.2, 0.25) is 5.02 Å². The maximum atomic E-state index is 12.2. The smallest absolute Gasteiger partial charge is 0.126 e. The van der Waals surface area contributed by atoms with Crippen LogP contribution >= 0.6 is 11.6 Å². The van der Waals surface area contributed by atoms with E-state index in [-0.39, 0.29) is 0 Å². The Kier molecular flexibility index (Phi) is 3.51. The quantitative estimate of drug-likeness (QED) is 0.819. The molecule has 4 heteroatoms. The van der Waals surface area contributed by atoms with Gasteiger partial charge in [0.2, 0.25) is 0 Å². The summed E-state index contributed by atoms with van der Waals surface area (Å²) in [6, 6.07) is 4.88. The zero-order valence-electron chi connectivity index (χ0n) is 7.13. The monoisotopic (exact) mass is 204 g/mol. The van der Waals surface area contributed by atoms with E-state index in [0.29, 0.717) is 16.3 Å². The van der Waals surface area contributed by atoms with Crippen LogP contribution in [-0.2, 0) is 0 Å². The molecule has 1 atom stereocenters. The van der Waals surface area contributed by atoms with Gasteiger partial charge in [-0.05, 0) is 12.1 Å². The van der Waals surface area contributed by atoms with Crippen LogP contribution in [0.1, 0.15) is 11.7 Å². The van der Waals surface area contributed by atoms with Gasteiger partial charge in [0, 0.05) is 5.56 Å². The second-order valence-electron chi connectivity index (χ2n) is 2.53. The first-order chi connectivity index (χ1) is 6.20. The molecule has 0 bridgehead atoms. The molecule has 0 fully saturated rings. The summed E-state index contributed by atoms with van der Waals surface area (Å²) in [4.78, 5) is 0. The third-order valence-corrected chi connectivity index (χ3v) is 2.04. The summed E-state index contributed by atoms with van der Waals surface area (Å²) < 4.78 is 17.1. The number of ether oxygens (including phenoxy) is 1. The van der Waals surface area contributed by atoms with Gasteiger partial charge < -0.3 is 9.84 Å². The molecule has 0 amide bonds. The molecule has 0 spiro atoms. The summed E-state index contributed by atoms with van der Waals surface area (Å²) in [6.07, 6.45) is -1.22. The summed E-state index contributed by atoms with van der Waals surface area (Å²) in [6.45, 7) is -0.875. The van der Waals surface area contributed by atoms with Gasteiger partial charge in [0.05, 0.1) is 12.1 Å². The molecule has 0 aliphatic rings. The Morgan fingerprint density at radius 1 is 1.62 bits per heavy atom. The molecular formula is C9H10ClFO2. The fourth-order valence-corrected chi connectivity index (χ4v) is 1.39. The zero-order valence-corrected chi connectivity index (χ0v) is 7.88. The van der Waals surface area contributed by atoms with Crippen LogP contribution < -0.4 is 4.74 Å². The maximum Gasteiger partial charge on any atom is 0.126 e. The number of hydrogen-bond donors (Lipinski definition) is 1. The van der Waals surface area contributed by atoms with E-state index in [1.807, 2.05) is 0 Å². The van der Waals surface area contributed by atoms with Crippen LogP contribution in [0, 0.1) is 0 Å². The van der Waals surface area contributed by atoms with Crippen LogP contribution in [0.3, 0.4) is 0 Å². The van der Waals surface area contributed by atoms with Gasteiger partial charge in [0.15, 0.2) is 0 Å². The highest BCUT2D eigenvalue weighted by atomic mass is 35.5. The van der Waals surface area contributed by atoms with Crippen LogP contribution in [-0.4, -0.2) is 18.9 Å². The average molecular weight is 205 g/mol. The Bertz CT molecular complexity index is 291. The fraction of sp³-hybridized carbons (Fsp3) is 0.333. The highest BCUT2D eigenvalue weighted by Gasteiger charge is 2.16. The second kappa shape index (κ2) is 4.44. The van der Waals surface area contributed by atoms with Gasteiger partial charge in [0.1, 0.15) is 18.5 Å². The molecule has 1 rings (SSSR count). The summed E-state index contributed by atoms with van der Waals surface area (Å²) in [5.74, 6) is 0.401. The largest absolute Gasteiger partial charge is 0.496 e. The second-order valence-corrected chi connectivity index (χ2v) is 2.93. The van der Waals surface area contributed by atoms with Crippen molar-refractivity contribution in [3.05, 3.63) is 28.8 Å². The van der Waals surface area contributed by atoms with E-state index in [1.165, 1.54) is 7.11 Å². The predicted octanol–water partition coefficient (Wildman–Crippen LogP) is 2.35. The van der Waals surface area contributed by atoms with Gasteiger partial charge >= 0.3 is 0 Å². The number of aliphatic hydroxyl groups excluding tert-OH is 1. The predicted molar refractivity (Wildman–Crippen MR) is 48.9 cm³/mol. The Morgan fingerprint density at radius 2 is 2.31 bits per heavy atom. The van der Waals surface area contributed by atoms with Crippen molar-refractivity contribution in [2.75, 3.05) is 13.8 Å². The maximum absolute atomic E-state index is 12.2. The molecule has 0 aromatic heterocycles. The van der Waals surface area contributed by atoms with Crippen molar-refractivity contribution in [3.8, 4) is 5.75 Å². The lowest BCUT2D eigenvalue weighted by Gasteiger charge is -2.13.